The minimum Gasteiger partial charge on any atom is -0.507 e. The summed E-state index contributed by atoms with van der Waals surface area (Å²) < 4.78 is 16.5. The zero-order valence-corrected chi connectivity index (χ0v) is 21.0. The lowest BCUT2D eigenvalue weighted by molar-refractivity contribution is -0.139. The molecule has 1 aliphatic rings. The van der Waals surface area contributed by atoms with Gasteiger partial charge in [0.15, 0.2) is 11.5 Å². The normalized spacial score (nSPS) is 17.2. The molecule has 1 aliphatic heterocycles. The van der Waals surface area contributed by atoms with Crippen LogP contribution in [0, 0.1) is 0 Å². The Kier molecular flexibility index (Phi) is 8.76. The van der Waals surface area contributed by atoms with Crippen LogP contribution in [-0.4, -0.2) is 74.6 Å². The number of amides is 1. The van der Waals surface area contributed by atoms with E-state index in [0.717, 1.165) is 13.0 Å². The standard InChI is InChI=1S/C27H34N2O6/c1-6-16-35-21-13-10-19(17-22(21)34-5)24-23(25(30)18-8-11-20(33-4)12-9-18)26(31)27(32)29(24)15-7-14-28(2)3/h8-13,17,24,30H,6-7,14-16H2,1-5H3/b25-23+/t24-/m1/s1. The molecule has 35 heavy (non-hydrogen) atoms. The average molecular weight is 483 g/mol. The first-order valence-corrected chi connectivity index (χ1v) is 11.7. The molecule has 1 fully saturated rings. The van der Waals surface area contributed by atoms with Gasteiger partial charge in [-0.05, 0) is 75.4 Å². The van der Waals surface area contributed by atoms with Crippen LogP contribution in [0.25, 0.3) is 5.76 Å². The predicted molar refractivity (Wildman–Crippen MR) is 134 cm³/mol. The highest BCUT2D eigenvalue weighted by molar-refractivity contribution is 6.46. The fourth-order valence-electron chi connectivity index (χ4n) is 4.10. The van der Waals surface area contributed by atoms with Gasteiger partial charge in [-0.2, -0.15) is 0 Å². The molecule has 188 valence electrons. The van der Waals surface area contributed by atoms with Crippen molar-refractivity contribution in [3.63, 3.8) is 0 Å². The van der Waals surface area contributed by atoms with Crippen LogP contribution in [0.4, 0.5) is 0 Å². The SMILES string of the molecule is CCCOc1ccc([C@@H]2/C(=C(\O)c3ccc(OC)cc3)C(=O)C(=O)N2CCCN(C)C)cc1OC. The number of nitrogens with zero attached hydrogens (tertiary/aromatic N) is 2. The number of carbonyl (C=O) groups excluding carboxylic acids is 2. The van der Waals surface area contributed by atoms with Gasteiger partial charge >= 0.3 is 0 Å². The molecule has 1 saturated heterocycles. The Balaban J connectivity index is 2.10. The summed E-state index contributed by atoms with van der Waals surface area (Å²) in [6.45, 7) is 3.67. The monoisotopic (exact) mass is 482 g/mol. The number of hydrogen-bond donors (Lipinski definition) is 1. The summed E-state index contributed by atoms with van der Waals surface area (Å²) in [6, 6.07) is 11.3. The highest BCUT2D eigenvalue weighted by Gasteiger charge is 2.46. The molecule has 8 nitrogen and oxygen atoms in total. The molecule has 1 amide bonds. The minimum absolute atomic E-state index is 0.0503. The van der Waals surface area contributed by atoms with Crippen LogP contribution < -0.4 is 14.2 Å². The van der Waals surface area contributed by atoms with Gasteiger partial charge in [-0.25, -0.2) is 0 Å². The van der Waals surface area contributed by atoms with Crippen molar-refractivity contribution in [2.24, 2.45) is 0 Å². The number of benzene rings is 2. The first kappa shape index (κ1) is 26.1. The Labute approximate surface area is 206 Å². The van der Waals surface area contributed by atoms with Gasteiger partial charge in [0.25, 0.3) is 11.7 Å². The molecule has 0 radical (unpaired) electrons. The van der Waals surface area contributed by atoms with Crippen molar-refractivity contribution in [1.82, 2.24) is 9.80 Å². The summed E-state index contributed by atoms with van der Waals surface area (Å²) in [5.74, 6) is 0.135. The van der Waals surface area contributed by atoms with Crippen LogP contribution in [-0.2, 0) is 9.59 Å². The summed E-state index contributed by atoms with van der Waals surface area (Å²) in [6.07, 6.45) is 1.52. The van der Waals surface area contributed by atoms with Gasteiger partial charge < -0.3 is 29.1 Å². The van der Waals surface area contributed by atoms with Gasteiger partial charge in [-0.15, -0.1) is 0 Å². The second-order valence-electron chi connectivity index (χ2n) is 8.64. The van der Waals surface area contributed by atoms with E-state index in [-0.39, 0.29) is 11.3 Å². The zero-order valence-electron chi connectivity index (χ0n) is 21.0. The smallest absolute Gasteiger partial charge is 0.295 e. The number of ketones is 1. The Morgan fingerprint density at radius 3 is 2.34 bits per heavy atom. The molecule has 2 aromatic carbocycles. The van der Waals surface area contributed by atoms with Gasteiger partial charge in [0, 0.05) is 12.1 Å². The molecule has 0 aromatic heterocycles. The predicted octanol–water partition coefficient (Wildman–Crippen LogP) is 3.87. The maximum absolute atomic E-state index is 13.2. The van der Waals surface area contributed by atoms with Crippen molar-refractivity contribution in [3.05, 3.63) is 59.2 Å². The van der Waals surface area contributed by atoms with Crippen molar-refractivity contribution in [1.29, 1.82) is 0 Å². The fourth-order valence-corrected chi connectivity index (χ4v) is 4.10. The molecule has 0 saturated carbocycles. The summed E-state index contributed by atoms with van der Waals surface area (Å²) in [5, 5.41) is 11.2. The topological polar surface area (TPSA) is 88.5 Å². The van der Waals surface area contributed by atoms with Gasteiger partial charge in [0.1, 0.15) is 11.5 Å². The van der Waals surface area contributed by atoms with E-state index in [0.29, 0.717) is 47.9 Å². The Bertz CT molecular complexity index is 1080. The van der Waals surface area contributed by atoms with E-state index in [4.69, 9.17) is 14.2 Å². The number of rotatable bonds is 11. The molecule has 0 unspecified atom stereocenters. The number of methoxy groups -OCH3 is 2. The second kappa shape index (κ2) is 11.8. The number of hydrogen-bond acceptors (Lipinski definition) is 7. The molecule has 3 rings (SSSR count). The van der Waals surface area contributed by atoms with Gasteiger partial charge in [0.05, 0.1) is 32.4 Å². The van der Waals surface area contributed by atoms with E-state index in [1.165, 1.54) is 4.90 Å². The van der Waals surface area contributed by atoms with Crippen molar-refractivity contribution in [2.75, 3.05) is 48.0 Å². The van der Waals surface area contributed by atoms with Crippen LogP contribution in [0.15, 0.2) is 48.0 Å². The highest BCUT2D eigenvalue weighted by Crippen LogP contribution is 2.42. The number of Topliss-reactive ketones (excluding diaryl/α,β-unsaturated/α-hetero) is 1. The first-order valence-electron chi connectivity index (χ1n) is 11.7. The molecule has 1 atom stereocenters. The zero-order chi connectivity index (χ0) is 25.5. The molecular formula is C27H34N2O6. The third kappa shape index (κ3) is 5.77. The van der Waals surface area contributed by atoms with Gasteiger partial charge in [0.2, 0.25) is 0 Å². The van der Waals surface area contributed by atoms with Crippen LogP contribution in [0.2, 0.25) is 0 Å². The Morgan fingerprint density at radius 1 is 1.03 bits per heavy atom. The number of ether oxygens (including phenoxy) is 3. The van der Waals surface area contributed by atoms with E-state index in [9.17, 15) is 14.7 Å². The molecule has 0 aliphatic carbocycles. The molecule has 0 bridgehead atoms. The van der Waals surface area contributed by atoms with Crippen molar-refractivity contribution >= 4 is 17.4 Å². The number of aliphatic hydroxyl groups excluding tert-OH is 1. The highest BCUT2D eigenvalue weighted by atomic mass is 16.5. The molecule has 1 N–H and O–H groups in total. The summed E-state index contributed by atoms with van der Waals surface area (Å²) in [7, 11) is 7.00. The van der Waals surface area contributed by atoms with Crippen molar-refractivity contribution < 1.29 is 28.9 Å². The largest absolute Gasteiger partial charge is 0.507 e. The van der Waals surface area contributed by atoms with E-state index in [1.807, 2.05) is 32.0 Å². The second-order valence-corrected chi connectivity index (χ2v) is 8.64. The Morgan fingerprint density at radius 2 is 1.74 bits per heavy atom. The summed E-state index contributed by atoms with van der Waals surface area (Å²) in [4.78, 5) is 29.9. The maximum Gasteiger partial charge on any atom is 0.295 e. The van der Waals surface area contributed by atoms with E-state index in [1.54, 1.807) is 50.6 Å². The van der Waals surface area contributed by atoms with Crippen LogP contribution in [0.1, 0.15) is 36.9 Å². The first-order chi connectivity index (χ1) is 16.8. The minimum atomic E-state index is -0.756. The average Bonchev–Trinajstić information content (AvgIpc) is 3.11. The molecule has 0 spiro atoms. The van der Waals surface area contributed by atoms with Crippen LogP contribution >= 0.6 is 0 Å². The van der Waals surface area contributed by atoms with E-state index >= 15 is 0 Å². The Hall–Kier alpha value is -3.52. The quantitative estimate of drug-likeness (QED) is 0.296. The summed E-state index contributed by atoms with van der Waals surface area (Å²) >= 11 is 0. The van der Waals surface area contributed by atoms with Gasteiger partial charge in [-0.3, -0.25) is 9.59 Å². The number of carbonyl (C=O) groups is 2. The van der Waals surface area contributed by atoms with E-state index in [2.05, 4.69) is 0 Å². The number of aliphatic hydroxyl groups is 1. The summed E-state index contributed by atoms with van der Waals surface area (Å²) in [5.41, 5.74) is 1.14. The lowest BCUT2D eigenvalue weighted by Crippen LogP contribution is -2.32. The van der Waals surface area contributed by atoms with Crippen molar-refractivity contribution in [3.8, 4) is 17.2 Å². The molecule has 1 heterocycles. The molecule has 2 aromatic rings. The molecular weight excluding hydrogens is 448 g/mol. The molecule has 8 heteroatoms. The third-order valence-corrected chi connectivity index (χ3v) is 5.87. The van der Waals surface area contributed by atoms with Crippen LogP contribution in [0.5, 0.6) is 17.2 Å². The maximum atomic E-state index is 13.2. The number of likely N-dealkylation sites (tertiary alicyclic amines) is 1. The van der Waals surface area contributed by atoms with Gasteiger partial charge in [-0.1, -0.05) is 13.0 Å². The fraction of sp³-hybridized carbons (Fsp3) is 0.407. The lowest BCUT2D eigenvalue weighted by atomic mass is 9.95. The van der Waals surface area contributed by atoms with Crippen molar-refractivity contribution in [2.45, 2.75) is 25.8 Å². The van der Waals surface area contributed by atoms with E-state index < -0.39 is 17.7 Å². The third-order valence-electron chi connectivity index (χ3n) is 5.87. The van der Waals surface area contributed by atoms with Crippen LogP contribution in [0.3, 0.4) is 0 Å². The lowest BCUT2D eigenvalue weighted by Gasteiger charge is -2.26.